The van der Waals surface area contributed by atoms with E-state index >= 15 is 0 Å². The molecule has 3 rings (SSSR count). The Kier molecular flexibility index (Phi) is 4.94. The third-order valence-corrected chi connectivity index (χ3v) is 5.27. The summed E-state index contributed by atoms with van der Waals surface area (Å²) in [5, 5.41) is 6.22. The van der Waals surface area contributed by atoms with E-state index in [0.717, 1.165) is 12.0 Å². The number of amides is 2. The lowest BCUT2D eigenvalue weighted by Crippen LogP contribution is -2.56. The summed E-state index contributed by atoms with van der Waals surface area (Å²) in [6, 6.07) is 3.59. The second-order valence-corrected chi connectivity index (χ2v) is 7.27. The maximum absolute atomic E-state index is 12.4. The molecule has 2 amide bonds. The Hall–Kier alpha value is -1.82. The van der Waals surface area contributed by atoms with Crippen molar-refractivity contribution >= 4 is 6.03 Å². The largest absolute Gasteiger partial charge is 0.481 e. The lowest BCUT2D eigenvalue weighted by atomic mass is 9.73. The monoisotopic (exact) mass is 333 g/mol. The summed E-state index contributed by atoms with van der Waals surface area (Å²) < 4.78 is 10.9. The Labute approximate surface area is 143 Å². The van der Waals surface area contributed by atoms with E-state index in [1.807, 2.05) is 12.1 Å². The van der Waals surface area contributed by atoms with Crippen LogP contribution in [-0.2, 0) is 4.74 Å². The molecule has 0 spiro atoms. The molecule has 2 atom stereocenters. The van der Waals surface area contributed by atoms with E-state index in [9.17, 15) is 4.79 Å². The molecule has 0 radical (unpaired) electrons. The summed E-state index contributed by atoms with van der Waals surface area (Å²) in [4.78, 5) is 16.6. The maximum atomic E-state index is 12.4. The number of pyridine rings is 1. The minimum atomic E-state index is -0.168. The highest BCUT2D eigenvalue weighted by Gasteiger charge is 2.37. The molecule has 2 heterocycles. The van der Waals surface area contributed by atoms with Gasteiger partial charge in [-0.25, -0.2) is 9.78 Å². The quantitative estimate of drug-likeness (QED) is 0.869. The normalized spacial score (nSPS) is 24.3. The fourth-order valence-corrected chi connectivity index (χ4v) is 3.48. The minimum absolute atomic E-state index is 0.0441. The van der Waals surface area contributed by atoms with Crippen LogP contribution in [0, 0.1) is 5.92 Å². The van der Waals surface area contributed by atoms with Crippen molar-refractivity contribution in [2.45, 2.75) is 57.2 Å². The molecule has 6 heteroatoms. The first-order valence-electron chi connectivity index (χ1n) is 8.70. The second-order valence-electron chi connectivity index (χ2n) is 7.27. The van der Waals surface area contributed by atoms with Crippen molar-refractivity contribution in [2.75, 3.05) is 13.7 Å². The van der Waals surface area contributed by atoms with Crippen LogP contribution < -0.4 is 15.4 Å². The molecular formula is C18H27N3O3. The number of ether oxygens (including phenoxy) is 2. The Balaban J connectivity index is 1.59. The number of methoxy groups -OCH3 is 1. The van der Waals surface area contributed by atoms with Crippen LogP contribution in [0.1, 0.15) is 51.2 Å². The van der Waals surface area contributed by atoms with E-state index in [1.165, 1.54) is 19.3 Å². The number of nitrogens with one attached hydrogen (secondary N) is 2. The lowest BCUT2D eigenvalue weighted by molar-refractivity contribution is 0.0982. The van der Waals surface area contributed by atoms with Gasteiger partial charge >= 0.3 is 6.03 Å². The zero-order valence-electron chi connectivity index (χ0n) is 14.7. The van der Waals surface area contributed by atoms with E-state index < -0.39 is 0 Å². The molecule has 1 aromatic rings. The summed E-state index contributed by atoms with van der Waals surface area (Å²) >= 11 is 0. The maximum Gasteiger partial charge on any atom is 0.315 e. The smallest absolute Gasteiger partial charge is 0.315 e. The SMILES string of the molecule is COc1ccc([C@H]2OCC[C@@H]2NC(=O)NC(C)(C)C2CCC2)cn1. The number of carbonyl (C=O) groups is 1. The molecule has 1 saturated carbocycles. The van der Waals surface area contributed by atoms with Crippen molar-refractivity contribution < 1.29 is 14.3 Å². The first kappa shape index (κ1) is 17.0. The Morgan fingerprint density at radius 2 is 2.12 bits per heavy atom. The number of hydrogen-bond acceptors (Lipinski definition) is 4. The molecule has 1 saturated heterocycles. The molecule has 1 aliphatic carbocycles. The van der Waals surface area contributed by atoms with Gasteiger partial charge in [-0.15, -0.1) is 0 Å². The minimum Gasteiger partial charge on any atom is -0.481 e. The zero-order valence-corrected chi connectivity index (χ0v) is 14.7. The van der Waals surface area contributed by atoms with Crippen molar-refractivity contribution in [3.05, 3.63) is 23.9 Å². The van der Waals surface area contributed by atoms with Gasteiger partial charge < -0.3 is 20.1 Å². The van der Waals surface area contributed by atoms with E-state index in [0.29, 0.717) is 18.4 Å². The second kappa shape index (κ2) is 6.97. The zero-order chi connectivity index (χ0) is 17.2. The molecule has 2 N–H and O–H groups in total. The molecule has 2 fully saturated rings. The van der Waals surface area contributed by atoms with Gasteiger partial charge in [0.05, 0.1) is 13.2 Å². The summed E-state index contributed by atoms with van der Waals surface area (Å²) in [6.07, 6.45) is 6.04. The summed E-state index contributed by atoms with van der Waals surface area (Å²) in [5.74, 6) is 1.14. The molecule has 1 aliphatic heterocycles. The highest BCUT2D eigenvalue weighted by Crippen LogP contribution is 2.36. The van der Waals surface area contributed by atoms with Crippen molar-refractivity contribution in [1.82, 2.24) is 15.6 Å². The van der Waals surface area contributed by atoms with Crippen LogP contribution in [0.15, 0.2) is 18.3 Å². The van der Waals surface area contributed by atoms with Crippen LogP contribution in [-0.4, -0.2) is 36.3 Å². The first-order valence-corrected chi connectivity index (χ1v) is 8.70. The summed E-state index contributed by atoms with van der Waals surface area (Å²) in [6.45, 7) is 4.84. The van der Waals surface area contributed by atoms with Gasteiger partial charge in [0.1, 0.15) is 6.10 Å². The van der Waals surface area contributed by atoms with Gasteiger partial charge in [-0.05, 0) is 45.1 Å². The number of hydrogen-bond donors (Lipinski definition) is 2. The molecule has 0 aromatic carbocycles. The van der Waals surface area contributed by atoms with Crippen LogP contribution >= 0.6 is 0 Å². The molecule has 132 valence electrons. The fraction of sp³-hybridized carbons (Fsp3) is 0.667. The third-order valence-electron chi connectivity index (χ3n) is 5.27. The highest BCUT2D eigenvalue weighted by molar-refractivity contribution is 5.75. The standard InChI is InChI=1S/C18H27N3O3/c1-18(2,13-5-4-6-13)21-17(22)20-14-9-10-24-16(14)12-7-8-15(23-3)19-11-12/h7-8,11,13-14,16H,4-6,9-10H2,1-3H3,(H2,20,21,22)/t14-,16+/m0/s1. The van der Waals surface area contributed by atoms with Gasteiger partial charge in [0.25, 0.3) is 0 Å². The van der Waals surface area contributed by atoms with Crippen molar-refractivity contribution in [1.29, 1.82) is 0 Å². The van der Waals surface area contributed by atoms with Gasteiger partial charge in [0, 0.05) is 30.0 Å². The van der Waals surface area contributed by atoms with Crippen molar-refractivity contribution in [3.8, 4) is 5.88 Å². The lowest BCUT2D eigenvalue weighted by Gasteiger charge is -2.41. The van der Waals surface area contributed by atoms with E-state index in [4.69, 9.17) is 9.47 Å². The van der Waals surface area contributed by atoms with Crippen molar-refractivity contribution in [3.63, 3.8) is 0 Å². The predicted octanol–water partition coefficient (Wildman–Crippen LogP) is 2.80. The van der Waals surface area contributed by atoms with Gasteiger partial charge in [-0.1, -0.05) is 6.42 Å². The van der Waals surface area contributed by atoms with Gasteiger partial charge in [-0.2, -0.15) is 0 Å². The number of nitrogens with zero attached hydrogens (tertiary/aromatic N) is 1. The van der Waals surface area contributed by atoms with Crippen LogP contribution in [0.2, 0.25) is 0 Å². The van der Waals surface area contributed by atoms with Gasteiger partial charge in [0.2, 0.25) is 5.88 Å². The molecular weight excluding hydrogens is 306 g/mol. The molecule has 0 unspecified atom stereocenters. The first-order chi connectivity index (χ1) is 11.5. The molecule has 2 aliphatic rings. The van der Waals surface area contributed by atoms with Gasteiger partial charge in [-0.3, -0.25) is 0 Å². The Bertz CT molecular complexity index is 569. The van der Waals surface area contributed by atoms with Gasteiger partial charge in [0.15, 0.2) is 0 Å². The average Bonchev–Trinajstić information content (AvgIpc) is 2.92. The Morgan fingerprint density at radius 3 is 2.71 bits per heavy atom. The molecule has 0 bridgehead atoms. The van der Waals surface area contributed by atoms with E-state index in [-0.39, 0.29) is 23.7 Å². The summed E-state index contributed by atoms with van der Waals surface area (Å²) in [7, 11) is 1.59. The summed E-state index contributed by atoms with van der Waals surface area (Å²) in [5.41, 5.74) is 0.788. The fourth-order valence-electron chi connectivity index (χ4n) is 3.48. The Morgan fingerprint density at radius 1 is 1.33 bits per heavy atom. The number of urea groups is 1. The average molecular weight is 333 g/mol. The van der Waals surface area contributed by atoms with Crippen LogP contribution in [0.4, 0.5) is 4.79 Å². The van der Waals surface area contributed by atoms with E-state index in [1.54, 1.807) is 13.3 Å². The predicted molar refractivity (Wildman–Crippen MR) is 91.0 cm³/mol. The third kappa shape index (κ3) is 3.64. The topological polar surface area (TPSA) is 72.5 Å². The van der Waals surface area contributed by atoms with Crippen molar-refractivity contribution in [2.24, 2.45) is 5.92 Å². The number of carbonyl (C=O) groups excluding carboxylic acids is 1. The highest BCUT2D eigenvalue weighted by atomic mass is 16.5. The van der Waals surface area contributed by atoms with Crippen LogP contribution in [0.3, 0.4) is 0 Å². The molecule has 6 nitrogen and oxygen atoms in total. The number of aromatic nitrogens is 1. The van der Waals surface area contributed by atoms with Crippen LogP contribution in [0.25, 0.3) is 0 Å². The molecule has 1 aromatic heterocycles. The number of rotatable bonds is 5. The molecule has 24 heavy (non-hydrogen) atoms. The van der Waals surface area contributed by atoms with Crippen LogP contribution in [0.5, 0.6) is 5.88 Å². The van der Waals surface area contributed by atoms with E-state index in [2.05, 4.69) is 29.5 Å².